The van der Waals surface area contributed by atoms with Crippen LogP contribution in [0.1, 0.15) is 35.1 Å². The number of nitrogens with one attached hydrogen (secondary N) is 1. The normalized spacial score (nSPS) is 26.8. The summed E-state index contributed by atoms with van der Waals surface area (Å²) in [4.78, 5) is 53.5. The van der Waals surface area contributed by atoms with E-state index >= 15 is 0 Å². The minimum absolute atomic E-state index is 0.0688. The summed E-state index contributed by atoms with van der Waals surface area (Å²) in [6.07, 6.45) is -0.143. The van der Waals surface area contributed by atoms with E-state index in [1.807, 2.05) is 26.0 Å². The second-order valence-electron chi connectivity index (χ2n) is 9.61. The number of amides is 3. The number of ether oxygens (including phenoxy) is 1. The van der Waals surface area contributed by atoms with Crippen molar-refractivity contribution < 1.29 is 34.3 Å². The SMILES string of the molecule is COc1ccc(CN2C(=O)[C@H]3[C@@H](C2=O)[C@@]2([NH2+][C@@H]3CCC(=O)[O-])C(=O)Nc3c2ccc(C)c3C)cc1. The van der Waals surface area contributed by atoms with Crippen LogP contribution < -0.4 is 20.5 Å². The van der Waals surface area contributed by atoms with E-state index in [9.17, 15) is 24.3 Å². The lowest BCUT2D eigenvalue weighted by atomic mass is 9.76. The Hall–Kier alpha value is -3.72. The third kappa shape index (κ3) is 3.33. The number of carboxylic acid groups (broad SMARTS) is 1. The summed E-state index contributed by atoms with van der Waals surface area (Å²) in [6.45, 7) is 3.92. The Morgan fingerprint density at radius 2 is 1.83 bits per heavy atom. The number of benzene rings is 2. The highest BCUT2D eigenvalue weighted by Gasteiger charge is 2.74. The zero-order valence-electron chi connectivity index (χ0n) is 19.8. The topological polar surface area (TPSA) is 132 Å². The molecule has 9 heteroatoms. The molecule has 0 saturated carbocycles. The molecule has 3 aliphatic rings. The number of carbonyl (C=O) groups is 4. The number of carbonyl (C=O) groups excluding carboxylic acids is 4. The Kier molecular flexibility index (Phi) is 5.40. The van der Waals surface area contributed by atoms with Gasteiger partial charge in [-0.25, -0.2) is 0 Å². The van der Waals surface area contributed by atoms with E-state index in [-0.39, 0.29) is 31.2 Å². The van der Waals surface area contributed by atoms with Crippen molar-refractivity contribution in [2.24, 2.45) is 11.8 Å². The maximum absolute atomic E-state index is 13.8. The molecule has 0 aromatic heterocycles. The molecule has 9 nitrogen and oxygen atoms in total. The highest BCUT2D eigenvalue weighted by Crippen LogP contribution is 2.50. The van der Waals surface area contributed by atoms with Gasteiger partial charge in [0.25, 0.3) is 5.91 Å². The molecule has 2 aromatic carbocycles. The van der Waals surface area contributed by atoms with Gasteiger partial charge in [-0.1, -0.05) is 18.2 Å². The van der Waals surface area contributed by atoms with Gasteiger partial charge in [0.15, 0.2) is 0 Å². The number of hydrogen-bond donors (Lipinski definition) is 2. The van der Waals surface area contributed by atoms with E-state index in [1.54, 1.807) is 36.7 Å². The number of aryl methyl sites for hydroxylation is 1. The molecule has 3 N–H and O–H groups in total. The van der Waals surface area contributed by atoms with Crippen molar-refractivity contribution in [2.45, 2.75) is 44.8 Å². The van der Waals surface area contributed by atoms with Crippen molar-refractivity contribution in [1.82, 2.24) is 4.90 Å². The van der Waals surface area contributed by atoms with Crippen LogP contribution in [0.5, 0.6) is 5.75 Å². The molecule has 2 saturated heterocycles. The number of anilines is 1. The van der Waals surface area contributed by atoms with Crippen LogP contribution in [0.2, 0.25) is 0 Å². The lowest BCUT2D eigenvalue weighted by Gasteiger charge is -2.26. The van der Waals surface area contributed by atoms with Gasteiger partial charge >= 0.3 is 0 Å². The monoisotopic (exact) mass is 477 g/mol. The minimum atomic E-state index is -1.32. The number of fused-ring (bicyclic) bond motifs is 4. The number of quaternary nitrogens is 1. The third-order valence-corrected chi connectivity index (χ3v) is 7.85. The fourth-order valence-corrected chi connectivity index (χ4v) is 5.96. The maximum Gasteiger partial charge on any atom is 0.291 e. The Labute approximate surface area is 202 Å². The molecule has 4 atom stereocenters. The van der Waals surface area contributed by atoms with Gasteiger partial charge in [-0.05, 0) is 55.2 Å². The molecule has 2 fully saturated rings. The smallest absolute Gasteiger partial charge is 0.291 e. The Morgan fingerprint density at radius 3 is 2.49 bits per heavy atom. The fourth-order valence-electron chi connectivity index (χ4n) is 5.96. The van der Waals surface area contributed by atoms with Crippen LogP contribution in [-0.2, 0) is 31.3 Å². The molecular formula is C26H27N3O6. The van der Waals surface area contributed by atoms with E-state index < -0.39 is 35.3 Å². The number of carboxylic acids is 1. The van der Waals surface area contributed by atoms with E-state index in [0.717, 1.165) is 16.7 Å². The summed E-state index contributed by atoms with van der Waals surface area (Å²) in [6, 6.07) is 10.3. The number of methoxy groups -OCH3 is 1. The van der Waals surface area contributed by atoms with Gasteiger partial charge in [0.05, 0.1) is 19.3 Å². The average Bonchev–Trinajstić information content (AvgIpc) is 3.41. The number of rotatable bonds is 6. The van der Waals surface area contributed by atoms with Crippen molar-refractivity contribution in [3.8, 4) is 5.75 Å². The first kappa shape index (κ1) is 23.0. The number of hydrogen-bond acceptors (Lipinski definition) is 6. The van der Waals surface area contributed by atoms with Crippen molar-refractivity contribution >= 4 is 29.4 Å². The largest absolute Gasteiger partial charge is 0.550 e. The first-order valence-corrected chi connectivity index (χ1v) is 11.6. The number of nitrogens with two attached hydrogens (primary N) is 1. The molecular weight excluding hydrogens is 450 g/mol. The van der Waals surface area contributed by atoms with Crippen molar-refractivity contribution in [2.75, 3.05) is 12.4 Å². The molecule has 0 aliphatic carbocycles. The zero-order valence-corrected chi connectivity index (χ0v) is 19.8. The maximum atomic E-state index is 13.8. The van der Waals surface area contributed by atoms with Crippen LogP contribution in [0.25, 0.3) is 0 Å². The molecule has 5 rings (SSSR count). The predicted octanol–water partition coefficient (Wildman–Crippen LogP) is -0.263. The van der Waals surface area contributed by atoms with Gasteiger partial charge in [0.1, 0.15) is 23.6 Å². The Morgan fingerprint density at radius 1 is 1.11 bits per heavy atom. The fraction of sp³-hybridized carbons (Fsp3) is 0.385. The van der Waals surface area contributed by atoms with Crippen molar-refractivity contribution in [3.63, 3.8) is 0 Å². The standard InChI is InChI=1S/C26H27N3O6/c1-13-4-9-17-22(14(13)2)27-25(34)26(17)21-20(18(28-26)10-11-19(30)31)23(32)29(24(21)33)12-15-5-7-16(35-3)8-6-15/h4-9,18,20-21,28H,10-12H2,1-3H3,(H,27,34)(H,30,31)/t18-,20-,21+,26-/m1/s1. The third-order valence-electron chi connectivity index (χ3n) is 7.85. The molecule has 3 amide bonds. The van der Waals surface area contributed by atoms with Gasteiger partial charge < -0.3 is 25.3 Å². The number of imide groups is 1. The second kappa shape index (κ2) is 8.20. The first-order valence-electron chi connectivity index (χ1n) is 11.6. The molecule has 3 aliphatic heterocycles. The summed E-state index contributed by atoms with van der Waals surface area (Å²) in [5.41, 5.74) is 2.67. The molecule has 1 spiro atoms. The minimum Gasteiger partial charge on any atom is -0.550 e. The van der Waals surface area contributed by atoms with Crippen LogP contribution in [0.3, 0.4) is 0 Å². The summed E-state index contributed by atoms with van der Waals surface area (Å²) in [5, 5.41) is 15.9. The molecule has 35 heavy (non-hydrogen) atoms. The van der Waals surface area contributed by atoms with Gasteiger partial charge in [0.2, 0.25) is 17.4 Å². The van der Waals surface area contributed by atoms with Crippen LogP contribution in [0, 0.1) is 25.7 Å². The Bertz CT molecular complexity index is 1260. The lowest BCUT2D eigenvalue weighted by Crippen LogP contribution is -2.99. The summed E-state index contributed by atoms with van der Waals surface area (Å²) in [5.74, 6) is -3.45. The summed E-state index contributed by atoms with van der Waals surface area (Å²) >= 11 is 0. The van der Waals surface area contributed by atoms with E-state index in [0.29, 0.717) is 17.0 Å². The molecule has 3 heterocycles. The number of likely N-dealkylation sites (tertiary alicyclic amines) is 1. The quantitative estimate of drug-likeness (QED) is 0.551. The number of nitrogens with zero attached hydrogens (tertiary/aromatic N) is 1. The molecule has 2 aromatic rings. The van der Waals surface area contributed by atoms with Crippen molar-refractivity contribution in [3.05, 3.63) is 58.7 Å². The van der Waals surface area contributed by atoms with Crippen molar-refractivity contribution in [1.29, 1.82) is 0 Å². The van der Waals surface area contributed by atoms with E-state index in [2.05, 4.69) is 5.32 Å². The highest BCUT2D eigenvalue weighted by atomic mass is 16.5. The van der Waals surface area contributed by atoms with Crippen LogP contribution in [0.15, 0.2) is 36.4 Å². The number of aliphatic carboxylic acids is 1. The van der Waals surface area contributed by atoms with Crippen LogP contribution >= 0.6 is 0 Å². The van der Waals surface area contributed by atoms with Gasteiger partial charge in [-0.3, -0.25) is 19.3 Å². The predicted molar refractivity (Wildman–Crippen MR) is 122 cm³/mol. The summed E-state index contributed by atoms with van der Waals surface area (Å²) in [7, 11) is 1.56. The molecule has 0 unspecified atom stereocenters. The highest BCUT2D eigenvalue weighted by molar-refractivity contribution is 6.14. The van der Waals surface area contributed by atoms with E-state index in [4.69, 9.17) is 4.74 Å². The summed E-state index contributed by atoms with van der Waals surface area (Å²) < 4.78 is 5.18. The van der Waals surface area contributed by atoms with Crippen LogP contribution in [-0.4, -0.2) is 41.7 Å². The van der Waals surface area contributed by atoms with Crippen LogP contribution in [0.4, 0.5) is 5.69 Å². The van der Waals surface area contributed by atoms with Gasteiger partial charge in [0, 0.05) is 18.0 Å². The van der Waals surface area contributed by atoms with Gasteiger partial charge in [-0.2, -0.15) is 0 Å². The molecule has 0 bridgehead atoms. The molecule has 182 valence electrons. The lowest BCUT2D eigenvalue weighted by molar-refractivity contribution is -0.734. The van der Waals surface area contributed by atoms with E-state index in [1.165, 1.54) is 4.90 Å². The second-order valence-corrected chi connectivity index (χ2v) is 9.61. The van der Waals surface area contributed by atoms with Gasteiger partial charge in [-0.15, -0.1) is 0 Å². The Balaban J connectivity index is 1.57. The first-order chi connectivity index (χ1) is 16.7. The zero-order chi connectivity index (χ0) is 25.1. The average molecular weight is 478 g/mol. The molecule has 0 radical (unpaired) electrons.